The molecular formula is C33H37N7O5. The third-order valence-electron chi connectivity index (χ3n) is 8.86. The molecule has 12 nitrogen and oxygen atoms in total. The minimum atomic E-state index is -0.873. The number of ether oxygens (including phenoxy) is 3. The van der Waals surface area contributed by atoms with Gasteiger partial charge in [-0.25, -0.2) is 9.78 Å². The van der Waals surface area contributed by atoms with Crippen molar-refractivity contribution in [2.24, 2.45) is 0 Å². The molecule has 3 aromatic heterocycles. The van der Waals surface area contributed by atoms with E-state index in [0.29, 0.717) is 29.6 Å². The maximum absolute atomic E-state index is 13.1. The van der Waals surface area contributed by atoms with Crippen molar-refractivity contribution < 1.29 is 19.0 Å². The fraction of sp³-hybridized carbons (Fsp3) is 0.485. The molecule has 0 aliphatic carbocycles. The number of nitrogens with zero attached hydrogens (tertiary/aromatic N) is 5. The van der Waals surface area contributed by atoms with E-state index in [1.165, 1.54) is 0 Å². The summed E-state index contributed by atoms with van der Waals surface area (Å²) >= 11 is 0. The summed E-state index contributed by atoms with van der Waals surface area (Å²) in [4.78, 5) is 35.8. The Bertz CT molecular complexity index is 1850. The quantitative estimate of drug-likeness (QED) is 0.298. The van der Waals surface area contributed by atoms with Gasteiger partial charge in [-0.05, 0) is 82.9 Å². The number of aromatic amines is 1. The molecule has 3 saturated heterocycles. The highest BCUT2D eigenvalue weighted by Crippen LogP contribution is 2.38. The molecule has 0 saturated carbocycles. The molecule has 0 radical (unpaired) electrons. The van der Waals surface area contributed by atoms with E-state index < -0.39 is 23.2 Å². The topological polar surface area (TPSA) is 147 Å². The number of fused-ring (bicyclic) bond motifs is 4. The summed E-state index contributed by atoms with van der Waals surface area (Å²) < 4.78 is 19.3. The Hall–Kier alpha value is -4.47. The SMILES string of the molecule is CC(C)(C)OC(=O)C1CC[C@@](CC#N)(n2nc(Nc3ccc4nc(N5CC6CCC(C5)O6)ccc4c3)c3c(=O)[nH]ccc32)CO1. The van der Waals surface area contributed by atoms with E-state index in [0.717, 1.165) is 48.3 Å². The highest BCUT2D eigenvalue weighted by molar-refractivity contribution is 5.92. The van der Waals surface area contributed by atoms with E-state index in [4.69, 9.17) is 24.3 Å². The Balaban J connectivity index is 1.17. The lowest BCUT2D eigenvalue weighted by atomic mass is 9.87. The molecule has 2 N–H and O–H groups in total. The van der Waals surface area contributed by atoms with E-state index in [2.05, 4.69) is 27.3 Å². The molecular weight excluding hydrogens is 574 g/mol. The summed E-state index contributed by atoms with van der Waals surface area (Å²) in [5, 5.41) is 19.4. The van der Waals surface area contributed by atoms with Gasteiger partial charge >= 0.3 is 5.97 Å². The lowest BCUT2D eigenvalue weighted by molar-refractivity contribution is -0.176. The molecule has 3 fully saturated rings. The minimum absolute atomic E-state index is 0.0715. The Morgan fingerprint density at radius 1 is 1.18 bits per heavy atom. The van der Waals surface area contributed by atoms with Crippen molar-refractivity contribution in [3.05, 3.63) is 52.9 Å². The zero-order chi connectivity index (χ0) is 31.3. The van der Waals surface area contributed by atoms with Crippen LogP contribution in [-0.2, 0) is 24.5 Å². The summed E-state index contributed by atoms with van der Waals surface area (Å²) in [5.41, 5.74) is 0.380. The average molecular weight is 612 g/mol. The largest absolute Gasteiger partial charge is 0.458 e. The number of morpholine rings is 1. The Morgan fingerprint density at radius 3 is 2.69 bits per heavy atom. The molecule has 3 unspecified atom stereocenters. The van der Waals surface area contributed by atoms with Gasteiger partial charge in [-0.15, -0.1) is 0 Å². The van der Waals surface area contributed by atoms with Crippen molar-refractivity contribution in [2.45, 2.75) is 82.3 Å². The van der Waals surface area contributed by atoms with Crippen LogP contribution in [0.15, 0.2) is 47.4 Å². The second-order valence-corrected chi connectivity index (χ2v) is 13.3. The predicted octanol–water partition coefficient (Wildman–Crippen LogP) is 4.51. The third-order valence-corrected chi connectivity index (χ3v) is 8.86. The molecule has 2 bridgehead atoms. The number of benzene rings is 1. The Morgan fingerprint density at radius 2 is 1.98 bits per heavy atom. The van der Waals surface area contributed by atoms with Gasteiger partial charge in [-0.2, -0.15) is 10.4 Å². The lowest BCUT2D eigenvalue weighted by Gasteiger charge is -2.39. The average Bonchev–Trinajstić information content (AvgIpc) is 3.56. The first-order chi connectivity index (χ1) is 21.6. The predicted molar refractivity (Wildman–Crippen MR) is 169 cm³/mol. The van der Waals surface area contributed by atoms with Crippen LogP contribution in [0.2, 0.25) is 0 Å². The van der Waals surface area contributed by atoms with Gasteiger partial charge in [0.05, 0.1) is 47.9 Å². The van der Waals surface area contributed by atoms with Crippen molar-refractivity contribution in [3.8, 4) is 6.07 Å². The van der Waals surface area contributed by atoms with Crippen molar-refractivity contribution in [2.75, 3.05) is 29.9 Å². The van der Waals surface area contributed by atoms with Gasteiger partial charge < -0.3 is 29.4 Å². The second kappa shape index (κ2) is 11.2. The molecule has 4 aromatic rings. The maximum atomic E-state index is 13.1. The van der Waals surface area contributed by atoms with E-state index >= 15 is 0 Å². The van der Waals surface area contributed by atoms with Crippen LogP contribution in [0.25, 0.3) is 21.8 Å². The van der Waals surface area contributed by atoms with Crippen LogP contribution in [0.1, 0.15) is 52.9 Å². The van der Waals surface area contributed by atoms with Crippen LogP contribution in [0.3, 0.4) is 0 Å². The number of hydrogen-bond acceptors (Lipinski definition) is 10. The van der Waals surface area contributed by atoms with Crippen molar-refractivity contribution in [1.82, 2.24) is 19.7 Å². The highest BCUT2D eigenvalue weighted by atomic mass is 16.6. The molecule has 45 heavy (non-hydrogen) atoms. The van der Waals surface area contributed by atoms with Gasteiger partial charge in [0.15, 0.2) is 11.9 Å². The fourth-order valence-corrected chi connectivity index (χ4v) is 6.73. The number of pyridine rings is 2. The van der Waals surface area contributed by atoms with Crippen molar-refractivity contribution in [1.29, 1.82) is 5.26 Å². The van der Waals surface area contributed by atoms with Crippen LogP contribution in [0, 0.1) is 11.3 Å². The van der Waals surface area contributed by atoms with E-state index in [1.807, 2.05) is 45.0 Å². The number of hydrogen-bond donors (Lipinski definition) is 2. The highest BCUT2D eigenvalue weighted by Gasteiger charge is 2.43. The van der Waals surface area contributed by atoms with Gasteiger partial charge in [-0.1, -0.05) is 0 Å². The van der Waals surface area contributed by atoms with Crippen molar-refractivity contribution >= 4 is 45.1 Å². The molecule has 1 aromatic carbocycles. The zero-order valence-electron chi connectivity index (χ0n) is 25.7. The number of anilines is 3. The fourth-order valence-electron chi connectivity index (χ4n) is 6.73. The summed E-state index contributed by atoms with van der Waals surface area (Å²) in [6, 6.07) is 14.0. The number of nitrogens with one attached hydrogen (secondary N) is 2. The number of carbonyl (C=O) groups excluding carboxylic acids is 1. The number of rotatable bonds is 6. The van der Waals surface area contributed by atoms with Crippen LogP contribution < -0.4 is 15.8 Å². The second-order valence-electron chi connectivity index (χ2n) is 13.3. The lowest BCUT2D eigenvalue weighted by Crippen LogP contribution is -2.47. The van der Waals surface area contributed by atoms with Crippen molar-refractivity contribution in [3.63, 3.8) is 0 Å². The molecule has 0 spiro atoms. The molecule has 7 rings (SSSR count). The first kappa shape index (κ1) is 29.3. The number of aromatic nitrogens is 4. The van der Waals surface area contributed by atoms with E-state index in [9.17, 15) is 14.9 Å². The van der Waals surface area contributed by atoms with Gasteiger partial charge in [0.25, 0.3) is 5.56 Å². The Labute approximate surface area is 260 Å². The van der Waals surface area contributed by atoms with Gasteiger partial charge in [0, 0.05) is 30.4 Å². The number of esters is 1. The van der Waals surface area contributed by atoms with Crippen LogP contribution >= 0.6 is 0 Å². The molecule has 0 amide bonds. The molecule has 3 aliphatic heterocycles. The first-order valence-electron chi connectivity index (χ1n) is 15.5. The summed E-state index contributed by atoms with van der Waals surface area (Å²) in [7, 11) is 0. The Kier molecular flexibility index (Phi) is 7.25. The van der Waals surface area contributed by atoms with E-state index in [-0.39, 0.29) is 30.8 Å². The zero-order valence-corrected chi connectivity index (χ0v) is 25.7. The summed E-state index contributed by atoms with van der Waals surface area (Å²) in [5.74, 6) is 0.893. The monoisotopic (exact) mass is 611 g/mol. The number of H-pyrrole nitrogens is 1. The minimum Gasteiger partial charge on any atom is -0.458 e. The summed E-state index contributed by atoms with van der Waals surface area (Å²) in [6.07, 6.45) is 4.50. The van der Waals surface area contributed by atoms with Gasteiger partial charge in [-0.3, -0.25) is 9.48 Å². The summed E-state index contributed by atoms with van der Waals surface area (Å²) in [6.45, 7) is 7.23. The van der Waals surface area contributed by atoms with E-state index in [1.54, 1.807) is 16.9 Å². The molecule has 234 valence electrons. The van der Waals surface area contributed by atoms with Crippen LogP contribution in [0.5, 0.6) is 0 Å². The smallest absolute Gasteiger partial charge is 0.335 e. The van der Waals surface area contributed by atoms with Gasteiger partial charge in [0.2, 0.25) is 0 Å². The molecule has 6 heterocycles. The van der Waals surface area contributed by atoms with Gasteiger partial charge in [0.1, 0.15) is 16.8 Å². The number of nitriles is 1. The standard InChI is InChI=1S/C33H37N7O5/c1-32(2,3)45-31(42)26-10-12-33(13-14-34,19-43-26)40-25-11-15-35-30(41)28(25)29(38-40)36-21-5-8-24-20(16-21)4-9-27(37-24)39-17-22-6-7-23(18-39)44-22/h4-5,8-9,11,15-16,22-23,26H,6-7,10,12-13,17-19H2,1-3H3,(H,35,41)(H,36,38)/t22?,23?,26?,33-/m0/s1. The van der Waals surface area contributed by atoms with Crippen LogP contribution in [0.4, 0.5) is 17.3 Å². The molecule has 3 aliphatic rings. The normalized spacial score (nSPS) is 24.9. The third kappa shape index (κ3) is 5.62. The maximum Gasteiger partial charge on any atom is 0.335 e. The molecule has 4 atom stereocenters. The molecule has 12 heteroatoms. The van der Waals surface area contributed by atoms with Crippen LogP contribution in [-0.4, -0.2) is 69.3 Å². The number of carbonyl (C=O) groups is 1. The first-order valence-corrected chi connectivity index (χ1v) is 15.5.